The van der Waals surface area contributed by atoms with Gasteiger partial charge in [0.2, 0.25) is 15.9 Å². The third kappa shape index (κ3) is 5.91. The number of piperidine rings is 2. The molecule has 0 aromatic rings. The predicted octanol–water partition coefficient (Wildman–Crippen LogP) is 1.00. The molecular formula is C19H32F3N3O6S. The van der Waals surface area contributed by atoms with Gasteiger partial charge in [-0.25, -0.2) is 17.5 Å². The molecule has 3 fully saturated rings. The van der Waals surface area contributed by atoms with E-state index in [0.29, 0.717) is 13.1 Å². The normalized spacial score (nSPS) is 23.9. The number of carboxylic acids is 1. The van der Waals surface area contributed by atoms with Gasteiger partial charge in [0.1, 0.15) is 0 Å². The van der Waals surface area contributed by atoms with Crippen molar-refractivity contribution in [3.63, 3.8) is 0 Å². The van der Waals surface area contributed by atoms with Crippen LogP contribution in [-0.2, 0) is 24.3 Å². The molecule has 1 N–H and O–H groups in total. The van der Waals surface area contributed by atoms with Crippen LogP contribution in [0.25, 0.3) is 0 Å². The van der Waals surface area contributed by atoms with E-state index in [-0.39, 0.29) is 16.9 Å². The van der Waals surface area contributed by atoms with Crippen LogP contribution in [0.4, 0.5) is 13.2 Å². The molecule has 3 heterocycles. The highest BCUT2D eigenvalue weighted by molar-refractivity contribution is 7.88. The summed E-state index contributed by atoms with van der Waals surface area (Å²) in [4.78, 5) is 26.3. The molecule has 0 unspecified atom stereocenters. The summed E-state index contributed by atoms with van der Waals surface area (Å²) in [6.45, 7) is 4.57. The van der Waals surface area contributed by atoms with Crippen LogP contribution in [0.1, 0.15) is 32.1 Å². The van der Waals surface area contributed by atoms with Crippen LogP contribution in [-0.4, -0.2) is 111 Å². The summed E-state index contributed by atoms with van der Waals surface area (Å²) in [5.41, 5.74) is -0.404. The average Bonchev–Trinajstić information content (AvgIpc) is 2.89. The van der Waals surface area contributed by atoms with Crippen LogP contribution >= 0.6 is 0 Å². The Morgan fingerprint density at radius 1 is 1.12 bits per heavy atom. The lowest BCUT2D eigenvalue weighted by atomic mass is 9.71. The van der Waals surface area contributed by atoms with Crippen LogP contribution in [0, 0.1) is 5.41 Å². The Labute approximate surface area is 186 Å². The number of aliphatic carboxylic acids is 1. The number of ether oxygens (including phenoxy) is 1. The van der Waals surface area contributed by atoms with Gasteiger partial charge in [-0.1, -0.05) is 0 Å². The number of methoxy groups -OCH3 is 1. The van der Waals surface area contributed by atoms with E-state index < -0.39 is 22.2 Å². The van der Waals surface area contributed by atoms with Crippen molar-refractivity contribution in [2.24, 2.45) is 5.41 Å². The second kappa shape index (κ2) is 9.82. The molecule has 3 rings (SSSR count). The largest absolute Gasteiger partial charge is 0.490 e. The first kappa shape index (κ1) is 26.8. The molecule has 1 amide bonds. The summed E-state index contributed by atoms with van der Waals surface area (Å²) in [5.74, 6) is -2.49. The molecule has 9 nitrogen and oxygen atoms in total. The molecule has 186 valence electrons. The number of alkyl halides is 3. The Morgan fingerprint density at radius 2 is 1.62 bits per heavy atom. The van der Waals surface area contributed by atoms with Crippen LogP contribution in [0.5, 0.6) is 0 Å². The Morgan fingerprint density at radius 3 is 2.03 bits per heavy atom. The topological polar surface area (TPSA) is 107 Å². The average molecular weight is 488 g/mol. The molecule has 0 aromatic carbocycles. The second-order valence-corrected chi connectivity index (χ2v) is 10.8. The summed E-state index contributed by atoms with van der Waals surface area (Å²) in [6, 6.07) is 0. The first-order valence-electron chi connectivity index (χ1n) is 10.4. The van der Waals surface area contributed by atoms with E-state index in [2.05, 4.69) is 4.90 Å². The van der Waals surface area contributed by atoms with Gasteiger partial charge in [-0.15, -0.1) is 0 Å². The number of hydrogen-bond acceptors (Lipinski definition) is 6. The number of hydrogen-bond donors (Lipinski definition) is 1. The molecule has 0 aliphatic carbocycles. The maximum Gasteiger partial charge on any atom is 0.490 e. The number of nitrogens with zero attached hydrogens (tertiary/aromatic N) is 3. The zero-order chi connectivity index (χ0) is 24.4. The summed E-state index contributed by atoms with van der Waals surface area (Å²) < 4.78 is 62.0. The number of likely N-dealkylation sites (tertiary alicyclic amines) is 2. The maximum absolute atomic E-state index is 13.1. The Kier molecular flexibility index (Phi) is 8.22. The number of halogens is 3. The Hall–Kier alpha value is -1.44. The van der Waals surface area contributed by atoms with Gasteiger partial charge in [-0.05, 0) is 45.2 Å². The molecule has 3 saturated heterocycles. The summed E-state index contributed by atoms with van der Waals surface area (Å²) >= 11 is 0. The molecule has 0 aromatic heterocycles. The van der Waals surface area contributed by atoms with Crippen LogP contribution in [0.3, 0.4) is 0 Å². The van der Waals surface area contributed by atoms with E-state index in [4.69, 9.17) is 14.6 Å². The van der Waals surface area contributed by atoms with Gasteiger partial charge in [0, 0.05) is 39.3 Å². The van der Waals surface area contributed by atoms with Crippen molar-refractivity contribution in [3.8, 4) is 0 Å². The van der Waals surface area contributed by atoms with Crippen molar-refractivity contribution in [2.45, 2.75) is 43.8 Å². The number of carboxylic acid groups (broad SMARTS) is 1. The van der Waals surface area contributed by atoms with Gasteiger partial charge in [0.05, 0.1) is 18.3 Å². The fourth-order valence-corrected chi connectivity index (χ4v) is 5.80. The highest BCUT2D eigenvalue weighted by Gasteiger charge is 2.58. The lowest BCUT2D eigenvalue weighted by molar-refractivity contribution is -0.192. The van der Waals surface area contributed by atoms with E-state index in [0.717, 1.165) is 58.3 Å². The minimum atomic E-state index is -5.08. The Balaban J connectivity index is 0.000000451. The molecule has 3 aliphatic rings. The van der Waals surface area contributed by atoms with Crippen molar-refractivity contribution in [3.05, 3.63) is 0 Å². The summed E-state index contributed by atoms with van der Waals surface area (Å²) in [7, 11) is 0.496. The zero-order valence-corrected chi connectivity index (χ0v) is 19.5. The summed E-state index contributed by atoms with van der Waals surface area (Å²) in [5, 5.41) is 7.12. The van der Waals surface area contributed by atoms with E-state index >= 15 is 0 Å². The first-order valence-corrected chi connectivity index (χ1v) is 12.3. The van der Waals surface area contributed by atoms with E-state index in [9.17, 15) is 26.4 Å². The van der Waals surface area contributed by atoms with Gasteiger partial charge >= 0.3 is 12.1 Å². The van der Waals surface area contributed by atoms with Gasteiger partial charge in [0.25, 0.3) is 0 Å². The monoisotopic (exact) mass is 487 g/mol. The fraction of sp³-hybridized carbons (Fsp3) is 0.895. The predicted molar refractivity (Wildman–Crippen MR) is 109 cm³/mol. The lowest BCUT2D eigenvalue weighted by Gasteiger charge is -2.43. The number of amides is 1. The van der Waals surface area contributed by atoms with Crippen LogP contribution < -0.4 is 0 Å². The SMILES string of the molecule is COCCN1CCC2(CC1)CC1(CCN(S(C)(=O)=O)CC1)N(C)C2=O.O=C(O)C(F)(F)F. The van der Waals surface area contributed by atoms with Crippen molar-refractivity contribution in [2.75, 3.05) is 59.7 Å². The minimum absolute atomic E-state index is 0.160. The van der Waals surface area contributed by atoms with Crippen molar-refractivity contribution >= 4 is 21.9 Å². The molecule has 32 heavy (non-hydrogen) atoms. The molecule has 3 aliphatic heterocycles. The van der Waals surface area contributed by atoms with Crippen LogP contribution in [0.15, 0.2) is 0 Å². The number of rotatable bonds is 4. The third-order valence-electron chi connectivity index (χ3n) is 6.93. The van der Waals surface area contributed by atoms with Crippen molar-refractivity contribution in [1.82, 2.24) is 14.1 Å². The molecule has 0 saturated carbocycles. The molecule has 0 bridgehead atoms. The number of sulfonamides is 1. The van der Waals surface area contributed by atoms with Gasteiger partial charge < -0.3 is 19.6 Å². The lowest BCUT2D eigenvalue weighted by Crippen LogP contribution is -2.52. The number of carbonyl (C=O) groups excluding carboxylic acids is 1. The smallest absolute Gasteiger partial charge is 0.475 e. The number of carbonyl (C=O) groups is 2. The maximum atomic E-state index is 13.1. The third-order valence-corrected chi connectivity index (χ3v) is 8.23. The first-order chi connectivity index (χ1) is 14.7. The van der Waals surface area contributed by atoms with Crippen molar-refractivity contribution in [1.29, 1.82) is 0 Å². The molecule has 13 heteroatoms. The highest BCUT2D eigenvalue weighted by Crippen LogP contribution is 2.52. The van der Waals surface area contributed by atoms with E-state index in [1.165, 1.54) is 6.26 Å². The Bertz CT molecular complexity index is 789. The molecule has 0 radical (unpaired) electrons. The highest BCUT2D eigenvalue weighted by atomic mass is 32.2. The molecule has 0 atom stereocenters. The van der Waals surface area contributed by atoms with Gasteiger partial charge in [-0.2, -0.15) is 13.2 Å². The zero-order valence-electron chi connectivity index (χ0n) is 18.7. The minimum Gasteiger partial charge on any atom is -0.475 e. The molecular weight excluding hydrogens is 455 g/mol. The fourth-order valence-electron chi connectivity index (χ4n) is 4.96. The van der Waals surface area contributed by atoms with Gasteiger partial charge in [-0.3, -0.25) is 4.79 Å². The van der Waals surface area contributed by atoms with E-state index in [1.807, 2.05) is 11.9 Å². The quantitative estimate of drug-likeness (QED) is 0.631. The molecule has 2 spiro atoms. The van der Waals surface area contributed by atoms with Crippen LogP contribution in [0.2, 0.25) is 0 Å². The standard InChI is InChI=1S/C17H31N3O4S.C2HF3O2/c1-18-15(21)16(4-8-19(9-5-16)12-13-24-2)14-17(18)6-10-20(11-7-17)25(3,22)23;3-2(4,5)1(6)7/h4-14H2,1-3H3;(H,6,7). The van der Waals surface area contributed by atoms with E-state index in [1.54, 1.807) is 11.4 Å². The second-order valence-electron chi connectivity index (χ2n) is 8.85. The summed E-state index contributed by atoms with van der Waals surface area (Å²) in [6.07, 6.45) is 0.362. The van der Waals surface area contributed by atoms with Gasteiger partial charge in [0.15, 0.2) is 0 Å². The van der Waals surface area contributed by atoms with Crippen molar-refractivity contribution < 1.29 is 41.0 Å².